The maximum Gasteiger partial charge on any atom is 0.254 e. The minimum atomic E-state index is -0.180. The molecule has 0 amide bonds. The fraction of sp³-hybridized carbons (Fsp3) is 0.400. The van der Waals surface area contributed by atoms with Crippen LogP contribution in [0.15, 0.2) is 4.79 Å². The number of pyridine rings is 1. The van der Waals surface area contributed by atoms with E-state index in [-0.39, 0.29) is 11.4 Å². The fourth-order valence-corrected chi connectivity index (χ4v) is 1.45. The summed E-state index contributed by atoms with van der Waals surface area (Å²) in [5, 5.41) is 8.89. The van der Waals surface area contributed by atoms with Gasteiger partial charge in [-0.2, -0.15) is 5.26 Å². The Labute approximate surface area is 82.1 Å². The Morgan fingerprint density at radius 2 is 2.21 bits per heavy atom. The molecule has 74 valence electrons. The number of methoxy groups -OCH3 is 1. The van der Waals surface area contributed by atoms with E-state index in [1.807, 2.05) is 13.0 Å². The SMILES string of the molecule is CCc1c(C)c(C#N)c(OC)[nH]c1=O. The Morgan fingerprint density at radius 1 is 1.57 bits per heavy atom. The highest BCUT2D eigenvalue weighted by molar-refractivity contribution is 5.47. The Bertz CT molecular complexity index is 441. The number of hydrogen-bond donors (Lipinski definition) is 1. The number of aromatic nitrogens is 1. The normalized spacial score (nSPS) is 9.57. The summed E-state index contributed by atoms with van der Waals surface area (Å²) < 4.78 is 4.92. The van der Waals surface area contributed by atoms with Crippen LogP contribution in [0.5, 0.6) is 5.88 Å². The van der Waals surface area contributed by atoms with E-state index in [2.05, 4.69) is 4.98 Å². The monoisotopic (exact) mass is 192 g/mol. The van der Waals surface area contributed by atoms with Gasteiger partial charge in [0, 0.05) is 5.56 Å². The predicted molar refractivity (Wildman–Crippen MR) is 52.4 cm³/mol. The lowest BCUT2D eigenvalue weighted by molar-refractivity contribution is 0.394. The Balaban J connectivity index is 3.58. The van der Waals surface area contributed by atoms with Gasteiger partial charge in [0.15, 0.2) is 0 Å². The summed E-state index contributed by atoms with van der Waals surface area (Å²) in [6.45, 7) is 3.64. The number of ether oxygens (including phenoxy) is 1. The second kappa shape index (κ2) is 3.97. The summed E-state index contributed by atoms with van der Waals surface area (Å²) in [7, 11) is 1.43. The van der Waals surface area contributed by atoms with Crippen LogP contribution in [0.25, 0.3) is 0 Å². The zero-order chi connectivity index (χ0) is 10.7. The number of H-pyrrole nitrogens is 1. The second-order valence-electron chi connectivity index (χ2n) is 2.93. The first kappa shape index (κ1) is 10.3. The number of nitrogens with zero attached hydrogens (tertiary/aromatic N) is 1. The average molecular weight is 192 g/mol. The lowest BCUT2D eigenvalue weighted by atomic mass is 10.0. The van der Waals surface area contributed by atoms with Gasteiger partial charge in [-0.1, -0.05) is 6.92 Å². The van der Waals surface area contributed by atoms with E-state index >= 15 is 0 Å². The minimum absolute atomic E-state index is 0.180. The van der Waals surface area contributed by atoms with Crippen LogP contribution < -0.4 is 10.3 Å². The van der Waals surface area contributed by atoms with E-state index in [1.54, 1.807) is 6.92 Å². The maximum absolute atomic E-state index is 11.5. The third-order valence-corrected chi connectivity index (χ3v) is 2.23. The molecule has 0 aliphatic heterocycles. The van der Waals surface area contributed by atoms with Crippen LogP contribution in [0.4, 0.5) is 0 Å². The molecule has 0 saturated heterocycles. The number of aromatic amines is 1. The van der Waals surface area contributed by atoms with Crippen LogP contribution >= 0.6 is 0 Å². The van der Waals surface area contributed by atoms with Gasteiger partial charge in [-0.15, -0.1) is 0 Å². The van der Waals surface area contributed by atoms with Crippen LogP contribution in [0, 0.1) is 18.3 Å². The molecule has 0 bridgehead atoms. The first-order chi connectivity index (χ1) is 6.65. The molecule has 0 radical (unpaired) electrons. The molecule has 0 unspecified atom stereocenters. The van der Waals surface area contributed by atoms with Crippen molar-refractivity contribution in [1.82, 2.24) is 4.98 Å². The summed E-state index contributed by atoms with van der Waals surface area (Å²) in [5.41, 5.74) is 1.57. The van der Waals surface area contributed by atoms with E-state index in [9.17, 15) is 4.79 Å². The van der Waals surface area contributed by atoms with Crippen molar-refractivity contribution < 1.29 is 4.74 Å². The van der Waals surface area contributed by atoms with Gasteiger partial charge < -0.3 is 4.74 Å². The largest absolute Gasteiger partial charge is 0.481 e. The van der Waals surface area contributed by atoms with E-state index in [4.69, 9.17) is 10.00 Å². The smallest absolute Gasteiger partial charge is 0.254 e. The molecule has 1 aromatic heterocycles. The van der Waals surface area contributed by atoms with Crippen molar-refractivity contribution >= 4 is 0 Å². The first-order valence-electron chi connectivity index (χ1n) is 4.35. The van der Waals surface area contributed by atoms with E-state index in [0.717, 1.165) is 0 Å². The molecule has 0 aliphatic carbocycles. The van der Waals surface area contributed by atoms with Crippen LogP contribution in [0.3, 0.4) is 0 Å². The van der Waals surface area contributed by atoms with Gasteiger partial charge in [-0.3, -0.25) is 9.78 Å². The zero-order valence-electron chi connectivity index (χ0n) is 8.47. The highest BCUT2D eigenvalue weighted by Crippen LogP contribution is 2.18. The van der Waals surface area contributed by atoms with Crippen LogP contribution in [0.1, 0.15) is 23.6 Å². The maximum atomic E-state index is 11.5. The van der Waals surface area contributed by atoms with Gasteiger partial charge >= 0.3 is 0 Å². The second-order valence-corrected chi connectivity index (χ2v) is 2.93. The highest BCUT2D eigenvalue weighted by atomic mass is 16.5. The van der Waals surface area contributed by atoms with Crippen molar-refractivity contribution in [3.05, 3.63) is 27.0 Å². The molecule has 14 heavy (non-hydrogen) atoms. The number of rotatable bonds is 2. The van der Waals surface area contributed by atoms with Crippen molar-refractivity contribution in [1.29, 1.82) is 5.26 Å². The van der Waals surface area contributed by atoms with Crippen LogP contribution in [-0.4, -0.2) is 12.1 Å². The summed E-state index contributed by atoms with van der Waals surface area (Å²) >= 11 is 0. The Kier molecular flexibility index (Phi) is 2.92. The molecule has 0 aromatic carbocycles. The molecule has 1 rings (SSSR count). The third-order valence-electron chi connectivity index (χ3n) is 2.23. The fourth-order valence-electron chi connectivity index (χ4n) is 1.45. The molecule has 0 saturated carbocycles. The number of nitriles is 1. The van der Waals surface area contributed by atoms with E-state index in [0.29, 0.717) is 23.1 Å². The van der Waals surface area contributed by atoms with Gasteiger partial charge in [-0.25, -0.2) is 0 Å². The summed E-state index contributed by atoms with van der Waals surface area (Å²) in [5.74, 6) is 0.243. The lowest BCUT2D eigenvalue weighted by Gasteiger charge is -2.08. The number of nitrogens with one attached hydrogen (secondary N) is 1. The standard InChI is InChI=1S/C10H12N2O2/c1-4-7-6(2)8(5-11)10(14-3)12-9(7)13/h4H2,1-3H3,(H,12,13). The average Bonchev–Trinajstić information content (AvgIpc) is 2.17. The summed E-state index contributed by atoms with van der Waals surface area (Å²) in [6, 6.07) is 2.02. The third kappa shape index (κ3) is 1.49. The number of hydrogen-bond acceptors (Lipinski definition) is 3. The van der Waals surface area contributed by atoms with Crippen LogP contribution in [-0.2, 0) is 6.42 Å². The summed E-state index contributed by atoms with van der Waals surface area (Å²) in [6.07, 6.45) is 0.611. The van der Waals surface area contributed by atoms with Crippen LogP contribution in [0.2, 0.25) is 0 Å². The van der Waals surface area contributed by atoms with Gasteiger partial charge in [0.25, 0.3) is 5.56 Å². The molecular weight excluding hydrogens is 180 g/mol. The minimum Gasteiger partial charge on any atom is -0.481 e. The van der Waals surface area contributed by atoms with Gasteiger partial charge in [0.2, 0.25) is 5.88 Å². The van der Waals surface area contributed by atoms with Crippen molar-refractivity contribution in [3.8, 4) is 11.9 Å². The molecule has 0 spiro atoms. The van der Waals surface area contributed by atoms with Crippen molar-refractivity contribution in [3.63, 3.8) is 0 Å². The molecule has 0 fully saturated rings. The van der Waals surface area contributed by atoms with Gasteiger partial charge in [-0.05, 0) is 18.9 Å². The quantitative estimate of drug-likeness (QED) is 0.763. The predicted octanol–water partition coefficient (Wildman–Crippen LogP) is 1.13. The van der Waals surface area contributed by atoms with E-state index in [1.165, 1.54) is 7.11 Å². The molecule has 1 N–H and O–H groups in total. The molecule has 4 nitrogen and oxygen atoms in total. The van der Waals surface area contributed by atoms with Gasteiger partial charge in [0.05, 0.1) is 7.11 Å². The van der Waals surface area contributed by atoms with Gasteiger partial charge in [0.1, 0.15) is 11.6 Å². The topological polar surface area (TPSA) is 65.9 Å². The Hall–Kier alpha value is -1.76. The van der Waals surface area contributed by atoms with Crippen molar-refractivity contribution in [2.45, 2.75) is 20.3 Å². The lowest BCUT2D eigenvalue weighted by Crippen LogP contribution is -2.16. The molecule has 4 heteroatoms. The summed E-state index contributed by atoms with van der Waals surface area (Å²) in [4.78, 5) is 14.0. The molecule has 0 aliphatic rings. The molecular formula is C10H12N2O2. The molecule has 1 heterocycles. The van der Waals surface area contributed by atoms with E-state index < -0.39 is 0 Å². The molecule has 0 atom stereocenters. The Morgan fingerprint density at radius 3 is 2.64 bits per heavy atom. The first-order valence-corrected chi connectivity index (χ1v) is 4.35. The molecule has 1 aromatic rings. The van der Waals surface area contributed by atoms with Crippen molar-refractivity contribution in [2.75, 3.05) is 7.11 Å². The van der Waals surface area contributed by atoms with Crippen molar-refractivity contribution in [2.24, 2.45) is 0 Å². The highest BCUT2D eigenvalue weighted by Gasteiger charge is 2.12. The zero-order valence-corrected chi connectivity index (χ0v) is 8.47.